The van der Waals surface area contributed by atoms with Crippen molar-refractivity contribution in [1.82, 2.24) is 0 Å². The van der Waals surface area contributed by atoms with Crippen molar-refractivity contribution in [2.75, 3.05) is 0 Å². The molecule has 0 atom stereocenters. The third-order valence-corrected chi connectivity index (χ3v) is 4.12. The van der Waals surface area contributed by atoms with Gasteiger partial charge in [-0.1, -0.05) is 56.3 Å². The molecule has 2 aromatic rings. The number of carboxylic acid groups (broad SMARTS) is 1. The van der Waals surface area contributed by atoms with E-state index < -0.39 is 5.97 Å². The highest BCUT2D eigenvalue weighted by atomic mass is 16.5. The van der Waals surface area contributed by atoms with E-state index in [-0.39, 0.29) is 6.42 Å². The summed E-state index contributed by atoms with van der Waals surface area (Å²) in [5.41, 5.74) is 3.66. The van der Waals surface area contributed by atoms with Crippen LogP contribution in [0.15, 0.2) is 48.5 Å². The minimum atomic E-state index is -0.731. The Morgan fingerprint density at radius 1 is 1.00 bits per heavy atom. The van der Waals surface area contributed by atoms with E-state index >= 15 is 0 Å². The predicted octanol–water partition coefficient (Wildman–Crippen LogP) is 5.26. The standard InChI is InChI=1S/C22H28O3/c1-17(2)15-18-11-13-19(14-12-18)16-25-21-9-5-3-7-20(21)8-4-6-10-22(23)24/h3,5,7,9,11-14,17H,4,6,8,10,15-16H2,1-2H3,(H,23,24). The van der Waals surface area contributed by atoms with Crippen molar-refractivity contribution in [3.05, 3.63) is 65.2 Å². The topological polar surface area (TPSA) is 46.5 Å². The van der Waals surface area contributed by atoms with E-state index in [1.54, 1.807) is 0 Å². The van der Waals surface area contributed by atoms with Gasteiger partial charge in [0.1, 0.15) is 12.4 Å². The monoisotopic (exact) mass is 340 g/mol. The third-order valence-electron chi connectivity index (χ3n) is 4.12. The number of benzene rings is 2. The van der Waals surface area contributed by atoms with Crippen LogP contribution in [0.2, 0.25) is 0 Å². The Morgan fingerprint density at radius 2 is 1.68 bits per heavy atom. The van der Waals surface area contributed by atoms with Crippen molar-refractivity contribution < 1.29 is 14.6 Å². The fourth-order valence-electron chi connectivity index (χ4n) is 2.85. The van der Waals surface area contributed by atoms with Gasteiger partial charge in [0.15, 0.2) is 0 Å². The molecule has 0 unspecified atom stereocenters. The molecule has 0 saturated carbocycles. The van der Waals surface area contributed by atoms with Gasteiger partial charge in [-0.25, -0.2) is 0 Å². The number of hydrogen-bond donors (Lipinski definition) is 1. The molecule has 1 N–H and O–H groups in total. The van der Waals surface area contributed by atoms with Crippen molar-refractivity contribution in [1.29, 1.82) is 0 Å². The summed E-state index contributed by atoms with van der Waals surface area (Å²) in [6.07, 6.45) is 3.72. The average molecular weight is 340 g/mol. The summed E-state index contributed by atoms with van der Waals surface area (Å²) in [5, 5.41) is 8.72. The van der Waals surface area contributed by atoms with Gasteiger partial charge >= 0.3 is 5.97 Å². The second-order valence-electron chi connectivity index (χ2n) is 6.91. The second kappa shape index (κ2) is 9.87. The molecule has 0 heterocycles. The first-order valence-corrected chi connectivity index (χ1v) is 9.05. The largest absolute Gasteiger partial charge is 0.489 e. The van der Waals surface area contributed by atoms with Gasteiger partial charge in [-0.3, -0.25) is 4.79 Å². The van der Waals surface area contributed by atoms with Crippen LogP contribution in [-0.4, -0.2) is 11.1 Å². The lowest BCUT2D eigenvalue weighted by atomic mass is 10.0. The highest BCUT2D eigenvalue weighted by Gasteiger charge is 2.05. The summed E-state index contributed by atoms with van der Waals surface area (Å²) in [6, 6.07) is 16.6. The van der Waals surface area contributed by atoms with Gasteiger partial charge in [0, 0.05) is 6.42 Å². The van der Waals surface area contributed by atoms with Crippen molar-refractivity contribution in [2.24, 2.45) is 5.92 Å². The molecule has 2 aromatic carbocycles. The Morgan fingerprint density at radius 3 is 2.36 bits per heavy atom. The first kappa shape index (κ1) is 19.0. The Labute approximate surface area is 150 Å². The van der Waals surface area contributed by atoms with Crippen LogP contribution in [0.1, 0.15) is 49.8 Å². The fourth-order valence-corrected chi connectivity index (χ4v) is 2.85. The Kier molecular flexibility index (Phi) is 7.52. The molecule has 3 heteroatoms. The lowest BCUT2D eigenvalue weighted by molar-refractivity contribution is -0.137. The van der Waals surface area contributed by atoms with E-state index in [2.05, 4.69) is 44.2 Å². The number of carboxylic acids is 1. The minimum absolute atomic E-state index is 0.228. The Balaban J connectivity index is 1.88. The SMILES string of the molecule is CC(C)Cc1ccc(COc2ccccc2CCCCC(=O)O)cc1. The molecule has 0 aliphatic carbocycles. The van der Waals surface area contributed by atoms with Crippen LogP contribution in [0.25, 0.3) is 0 Å². The molecule has 0 radical (unpaired) electrons. The average Bonchev–Trinajstić information content (AvgIpc) is 2.58. The zero-order chi connectivity index (χ0) is 18.1. The molecule has 0 amide bonds. The summed E-state index contributed by atoms with van der Waals surface area (Å²) in [5.74, 6) is 0.824. The highest BCUT2D eigenvalue weighted by molar-refractivity contribution is 5.66. The molecule has 25 heavy (non-hydrogen) atoms. The molecule has 3 nitrogen and oxygen atoms in total. The molecular formula is C22H28O3. The normalized spacial score (nSPS) is 10.8. The summed E-state index contributed by atoms with van der Waals surface area (Å²) in [6.45, 7) is 5.00. The lowest BCUT2D eigenvalue weighted by Gasteiger charge is -2.12. The maximum Gasteiger partial charge on any atom is 0.303 e. The summed E-state index contributed by atoms with van der Waals surface area (Å²) in [4.78, 5) is 10.6. The molecule has 0 spiro atoms. The number of aryl methyl sites for hydroxylation is 1. The molecule has 0 aromatic heterocycles. The lowest BCUT2D eigenvalue weighted by Crippen LogP contribution is -2.00. The van der Waals surface area contributed by atoms with Gasteiger partial charge in [0.25, 0.3) is 0 Å². The number of rotatable bonds is 10. The van der Waals surface area contributed by atoms with Crippen molar-refractivity contribution in [2.45, 2.75) is 52.6 Å². The molecule has 0 aliphatic heterocycles. The van der Waals surface area contributed by atoms with Gasteiger partial charge in [-0.05, 0) is 54.4 Å². The van der Waals surface area contributed by atoms with Gasteiger partial charge in [0.2, 0.25) is 0 Å². The first-order valence-electron chi connectivity index (χ1n) is 9.05. The van der Waals surface area contributed by atoms with Crippen molar-refractivity contribution in [3.63, 3.8) is 0 Å². The number of para-hydroxylation sites is 1. The number of aliphatic carboxylic acids is 1. The van der Waals surface area contributed by atoms with Crippen LogP contribution in [0, 0.1) is 5.92 Å². The summed E-state index contributed by atoms with van der Waals surface area (Å²) >= 11 is 0. The smallest absolute Gasteiger partial charge is 0.303 e. The van der Waals surface area contributed by atoms with E-state index in [9.17, 15) is 4.79 Å². The fraction of sp³-hybridized carbons (Fsp3) is 0.409. The van der Waals surface area contributed by atoms with Crippen LogP contribution >= 0.6 is 0 Å². The zero-order valence-electron chi connectivity index (χ0n) is 15.2. The van der Waals surface area contributed by atoms with Crippen molar-refractivity contribution >= 4 is 5.97 Å². The predicted molar refractivity (Wildman–Crippen MR) is 101 cm³/mol. The van der Waals surface area contributed by atoms with Crippen LogP contribution in [-0.2, 0) is 24.2 Å². The zero-order valence-corrected chi connectivity index (χ0v) is 15.2. The van der Waals surface area contributed by atoms with E-state index in [1.807, 2.05) is 18.2 Å². The van der Waals surface area contributed by atoms with E-state index in [0.29, 0.717) is 18.9 Å². The Bertz CT molecular complexity index is 659. The summed E-state index contributed by atoms with van der Waals surface area (Å²) < 4.78 is 6.01. The number of unbranched alkanes of at least 4 members (excludes halogenated alkanes) is 1. The van der Waals surface area contributed by atoms with Crippen LogP contribution in [0.4, 0.5) is 0 Å². The summed E-state index contributed by atoms with van der Waals surface area (Å²) in [7, 11) is 0. The van der Waals surface area contributed by atoms with Gasteiger partial charge < -0.3 is 9.84 Å². The number of carbonyl (C=O) groups is 1. The maximum absolute atomic E-state index is 10.6. The van der Waals surface area contributed by atoms with Crippen molar-refractivity contribution in [3.8, 4) is 5.75 Å². The molecule has 0 fully saturated rings. The minimum Gasteiger partial charge on any atom is -0.489 e. The number of hydrogen-bond acceptors (Lipinski definition) is 2. The van der Waals surface area contributed by atoms with Crippen LogP contribution < -0.4 is 4.74 Å². The quantitative estimate of drug-likeness (QED) is 0.600. The van der Waals surface area contributed by atoms with Crippen LogP contribution in [0.5, 0.6) is 5.75 Å². The first-order chi connectivity index (χ1) is 12.0. The third kappa shape index (κ3) is 7.00. The van der Waals surface area contributed by atoms with E-state index in [1.165, 1.54) is 5.56 Å². The maximum atomic E-state index is 10.6. The second-order valence-corrected chi connectivity index (χ2v) is 6.91. The molecule has 134 valence electrons. The molecule has 2 rings (SSSR count). The number of ether oxygens (including phenoxy) is 1. The Hall–Kier alpha value is -2.29. The molecule has 0 bridgehead atoms. The van der Waals surface area contributed by atoms with Gasteiger partial charge in [0.05, 0.1) is 0 Å². The molecular weight excluding hydrogens is 312 g/mol. The highest BCUT2D eigenvalue weighted by Crippen LogP contribution is 2.22. The van der Waals surface area contributed by atoms with Gasteiger partial charge in [-0.2, -0.15) is 0 Å². The van der Waals surface area contributed by atoms with E-state index in [4.69, 9.17) is 9.84 Å². The molecule has 0 aliphatic rings. The van der Waals surface area contributed by atoms with E-state index in [0.717, 1.165) is 36.1 Å². The van der Waals surface area contributed by atoms with Crippen LogP contribution in [0.3, 0.4) is 0 Å². The van der Waals surface area contributed by atoms with Gasteiger partial charge in [-0.15, -0.1) is 0 Å². The molecule has 0 saturated heterocycles.